The van der Waals surface area contributed by atoms with Gasteiger partial charge in [0.15, 0.2) is 0 Å². The molecule has 4 rings (SSSR count). The van der Waals surface area contributed by atoms with E-state index in [-0.39, 0.29) is 22.5 Å². The molecule has 5 nitrogen and oxygen atoms in total. The van der Waals surface area contributed by atoms with Crippen molar-refractivity contribution in [2.24, 2.45) is 0 Å². The summed E-state index contributed by atoms with van der Waals surface area (Å²) in [5.41, 5.74) is 2.16. The van der Waals surface area contributed by atoms with E-state index >= 15 is 0 Å². The average molecular weight is 357 g/mol. The van der Waals surface area contributed by atoms with Crippen LogP contribution in [-0.2, 0) is 6.54 Å². The zero-order valence-electron chi connectivity index (χ0n) is 11.6. The second-order valence-corrected chi connectivity index (χ2v) is 5.01. The Labute approximate surface area is 136 Å². The van der Waals surface area contributed by atoms with Crippen molar-refractivity contribution in [1.29, 1.82) is 0 Å². The molecule has 4 aromatic rings. The van der Waals surface area contributed by atoms with Crippen LogP contribution in [0.25, 0.3) is 21.9 Å². The minimum absolute atomic E-state index is 0. The summed E-state index contributed by atoms with van der Waals surface area (Å²) in [6, 6.07) is 14.6. The van der Waals surface area contributed by atoms with Gasteiger partial charge < -0.3 is 22.0 Å². The van der Waals surface area contributed by atoms with Crippen LogP contribution < -0.4 is 27.1 Å². The SMILES string of the molecule is O=c1[nH]cnc2[nH]c[n+](Cc3ccc4ccccc4c3)c12.[Br-]. The fourth-order valence-electron chi connectivity index (χ4n) is 2.63. The van der Waals surface area contributed by atoms with Gasteiger partial charge in [0.05, 0.1) is 6.33 Å². The molecular weight excluding hydrogens is 344 g/mol. The third kappa shape index (κ3) is 2.42. The van der Waals surface area contributed by atoms with E-state index in [1.165, 1.54) is 17.1 Å². The number of nitrogens with zero attached hydrogens (tertiary/aromatic N) is 2. The van der Waals surface area contributed by atoms with Crippen LogP contribution in [0.4, 0.5) is 0 Å². The van der Waals surface area contributed by atoms with Gasteiger partial charge in [-0.05, 0) is 22.4 Å². The molecule has 0 aliphatic rings. The molecule has 0 radical (unpaired) electrons. The molecule has 0 bridgehead atoms. The molecule has 0 saturated heterocycles. The van der Waals surface area contributed by atoms with Crippen molar-refractivity contribution in [3.63, 3.8) is 0 Å². The van der Waals surface area contributed by atoms with Crippen LogP contribution in [0.2, 0.25) is 0 Å². The fraction of sp³-hybridized carbons (Fsp3) is 0.0625. The Morgan fingerprint density at radius 1 is 1.05 bits per heavy atom. The standard InChI is InChI=1S/C16H12N4O.BrH/c21-16-14-15(17-9-18-16)19-10-20(14)8-11-5-6-12-3-1-2-4-13(12)7-11;/h1-7,9-10H,8H2,(H,17,18,21);1H. The van der Waals surface area contributed by atoms with Gasteiger partial charge >= 0.3 is 5.56 Å². The zero-order valence-corrected chi connectivity index (χ0v) is 13.2. The highest BCUT2D eigenvalue weighted by molar-refractivity contribution is 5.82. The van der Waals surface area contributed by atoms with E-state index < -0.39 is 0 Å². The van der Waals surface area contributed by atoms with Gasteiger partial charge in [-0.1, -0.05) is 36.4 Å². The number of fused-ring (bicyclic) bond motifs is 2. The van der Waals surface area contributed by atoms with E-state index in [4.69, 9.17) is 0 Å². The maximum atomic E-state index is 11.9. The number of halogens is 1. The van der Waals surface area contributed by atoms with Crippen molar-refractivity contribution >= 4 is 21.9 Å². The number of rotatable bonds is 2. The van der Waals surface area contributed by atoms with Crippen molar-refractivity contribution in [1.82, 2.24) is 15.0 Å². The van der Waals surface area contributed by atoms with Crippen molar-refractivity contribution in [3.8, 4) is 0 Å². The van der Waals surface area contributed by atoms with Gasteiger partial charge in [-0.3, -0.25) is 4.79 Å². The molecule has 2 heterocycles. The minimum atomic E-state index is -0.137. The Morgan fingerprint density at radius 3 is 2.73 bits per heavy atom. The van der Waals surface area contributed by atoms with Gasteiger partial charge in [-0.2, -0.15) is 4.98 Å². The predicted molar refractivity (Wildman–Crippen MR) is 80.0 cm³/mol. The maximum Gasteiger partial charge on any atom is 0.302 e. The topological polar surface area (TPSA) is 65.4 Å². The molecule has 6 heteroatoms. The quantitative estimate of drug-likeness (QED) is 0.440. The molecule has 0 aliphatic heterocycles. The molecule has 0 fully saturated rings. The number of aromatic amines is 2. The maximum absolute atomic E-state index is 11.9. The van der Waals surface area contributed by atoms with Gasteiger partial charge in [-0.15, -0.1) is 0 Å². The smallest absolute Gasteiger partial charge is 0.302 e. The van der Waals surface area contributed by atoms with Crippen LogP contribution in [0.3, 0.4) is 0 Å². The Balaban J connectivity index is 0.00000144. The van der Waals surface area contributed by atoms with E-state index in [1.807, 2.05) is 16.7 Å². The molecular formula is C16H13BrN4O. The van der Waals surface area contributed by atoms with Gasteiger partial charge in [-0.25, -0.2) is 9.55 Å². The second kappa shape index (κ2) is 5.73. The Morgan fingerprint density at radius 2 is 1.86 bits per heavy atom. The lowest BCUT2D eigenvalue weighted by Gasteiger charge is -2.02. The number of benzene rings is 2. The monoisotopic (exact) mass is 356 g/mol. The molecule has 2 N–H and O–H groups in total. The molecule has 22 heavy (non-hydrogen) atoms. The Bertz CT molecular complexity index is 1010. The van der Waals surface area contributed by atoms with E-state index in [1.54, 1.807) is 6.33 Å². The van der Waals surface area contributed by atoms with Crippen LogP contribution in [0.15, 0.2) is 59.9 Å². The molecule has 0 aliphatic carbocycles. The van der Waals surface area contributed by atoms with Crippen LogP contribution in [-0.4, -0.2) is 15.0 Å². The van der Waals surface area contributed by atoms with Gasteiger partial charge in [0.2, 0.25) is 6.33 Å². The van der Waals surface area contributed by atoms with E-state index in [0.717, 1.165) is 5.56 Å². The number of aromatic nitrogens is 4. The van der Waals surface area contributed by atoms with Gasteiger partial charge in [0.1, 0.15) is 6.54 Å². The van der Waals surface area contributed by atoms with Crippen molar-refractivity contribution in [2.45, 2.75) is 6.54 Å². The fourth-order valence-corrected chi connectivity index (χ4v) is 2.63. The third-order valence-corrected chi connectivity index (χ3v) is 3.64. The van der Waals surface area contributed by atoms with E-state index in [9.17, 15) is 4.79 Å². The van der Waals surface area contributed by atoms with Crippen molar-refractivity contribution in [3.05, 3.63) is 71.0 Å². The number of imidazole rings is 1. The molecule has 110 valence electrons. The summed E-state index contributed by atoms with van der Waals surface area (Å²) < 4.78 is 1.88. The van der Waals surface area contributed by atoms with Gasteiger partial charge in [0.25, 0.3) is 11.2 Å². The molecule has 0 amide bonds. The number of nitrogens with one attached hydrogen (secondary N) is 2. The molecule has 2 aromatic carbocycles. The van der Waals surface area contributed by atoms with E-state index in [0.29, 0.717) is 17.7 Å². The molecule has 0 saturated carbocycles. The van der Waals surface area contributed by atoms with Crippen molar-refractivity contribution < 1.29 is 21.5 Å². The summed E-state index contributed by atoms with van der Waals surface area (Å²) in [6.07, 6.45) is 3.18. The number of hydrogen-bond acceptors (Lipinski definition) is 2. The largest absolute Gasteiger partial charge is 1.00 e. The summed E-state index contributed by atoms with van der Waals surface area (Å²) >= 11 is 0. The highest BCUT2D eigenvalue weighted by Gasteiger charge is 2.14. The predicted octanol–water partition coefficient (Wildman–Crippen LogP) is -1.26. The number of hydrogen-bond donors (Lipinski definition) is 2. The molecule has 0 spiro atoms. The summed E-state index contributed by atoms with van der Waals surface area (Å²) in [5.74, 6) is 0. The number of H-pyrrole nitrogens is 2. The second-order valence-electron chi connectivity index (χ2n) is 5.01. The van der Waals surface area contributed by atoms with E-state index in [2.05, 4.69) is 45.3 Å². The zero-order chi connectivity index (χ0) is 14.2. The van der Waals surface area contributed by atoms with Crippen LogP contribution >= 0.6 is 0 Å². The van der Waals surface area contributed by atoms with Crippen molar-refractivity contribution in [2.75, 3.05) is 0 Å². The summed E-state index contributed by atoms with van der Waals surface area (Å²) in [7, 11) is 0. The molecule has 0 unspecified atom stereocenters. The molecule has 0 atom stereocenters. The normalized spacial score (nSPS) is 10.7. The Hall–Kier alpha value is -2.47. The first-order chi connectivity index (χ1) is 10.3. The summed E-state index contributed by atoms with van der Waals surface area (Å²) in [4.78, 5) is 21.7. The lowest BCUT2D eigenvalue weighted by atomic mass is 10.1. The summed E-state index contributed by atoms with van der Waals surface area (Å²) in [5, 5.41) is 2.41. The highest BCUT2D eigenvalue weighted by Crippen LogP contribution is 2.15. The van der Waals surface area contributed by atoms with Crippen LogP contribution in [0.5, 0.6) is 0 Å². The third-order valence-electron chi connectivity index (χ3n) is 3.64. The first-order valence-corrected chi connectivity index (χ1v) is 6.73. The first-order valence-electron chi connectivity index (χ1n) is 6.73. The first kappa shape index (κ1) is 14.5. The van der Waals surface area contributed by atoms with Crippen LogP contribution in [0, 0.1) is 0 Å². The van der Waals surface area contributed by atoms with Crippen LogP contribution in [0.1, 0.15) is 5.56 Å². The molecule has 2 aromatic heterocycles. The Kier molecular flexibility index (Phi) is 3.77. The lowest BCUT2D eigenvalue weighted by molar-refractivity contribution is -0.662. The lowest BCUT2D eigenvalue weighted by Crippen LogP contribution is -3.00. The minimum Gasteiger partial charge on any atom is -1.00 e. The van der Waals surface area contributed by atoms with Gasteiger partial charge in [0, 0.05) is 0 Å². The highest BCUT2D eigenvalue weighted by atomic mass is 79.9. The average Bonchev–Trinajstić information content (AvgIpc) is 2.92. The summed E-state index contributed by atoms with van der Waals surface area (Å²) in [6.45, 7) is 0.625.